The van der Waals surface area contributed by atoms with Gasteiger partial charge in [0.25, 0.3) is 0 Å². The van der Waals surface area contributed by atoms with Gasteiger partial charge in [0.1, 0.15) is 0 Å². The van der Waals surface area contributed by atoms with E-state index in [2.05, 4.69) is 13.8 Å². The molecule has 1 radical (unpaired) electrons. The van der Waals surface area contributed by atoms with Crippen LogP contribution in [0.15, 0.2) is 0 Å². The Labute approximate surface area is 93.6 Å². The molecule has 0 rings (SSSR count). The fraction of sp³-hybridized carbons (Fsp3) is 0.875. The van der Waals surface area contributed by atoms with Crippen molar-refractivity contribution in [3.05, 3.63) is 6.92 Å². The Morgan fingerprint density at radius 2 is 1.42 bits per heavy atom. The summed E-state index contributed by atoms with van der Waals surface area (Å²) in [6.07, 6.45) is 7.98. The van der Waals surface area contributed by atoms with Gasteiger partial charge < -0.3 is 0 Å². The van der Waals surface area contributed by atoms with E-state index in [0.717, 1.165) is 6.42 Å². The molecule has 0 aromatic rings. The first-order chi connectivity index (χ1) is 5.65. The van der Waals surface area contributed by atoms with Crippen LogP contribution in [0.25, 0.3) is 0 Å². The van der Waals surface area contributed by atoms with Crippen LogP contribution in [0.4, 0.5) is 0 Å². The maximum atomic E-state index is 4.94. The van der Waals surface area contributed by atoms with Crippen molar-refractivity contribution in [2.24, 2.45) is 0 Å². The highest BCUT2D eigenvalue weighted by Crippen LogP contribution is 2.03. The van der Waals surface area contributed by atoms with Crippen LogP contribution in [-0.2, 0) is 0 Å². The smallest absolute Gasteiger partial charge is 0.214 e. The number of hydrogen-bond donors (Lipinski definition) is 0. The second-order valence-corrected chi connectivity index (χ2v) is 8.95. The maximum absolute atomic E-state index is 4.94. The lowest BCUT2D eigenvalue weighted by atomic mass is 10.1. The van der Waals surface area contributed by atoms with E-state index in [1.54, 1.807) is 0 Å². The average molecular weight is 247 g/mol. The molecule has 0 spiro atoms. The van der Waals surface area contributed by atoms with Crippen molar-refractivity contribution in [3.63, 3.8) is 0 Å². The third kappa shape index (κ3) is 30.1. The largest absolute Gasteiger partial charge is 0.643 e. The Morgan fingerprint density at radius 3 is 1.75 bits per heavy atom. The zero-order valence-electron chi connectivity index (χ0n) is 7.66. The van der Waals surface area contributed by atoms with Gasteiger partial charge >= 0.3 is 11.4 Å². The lowest BCUT2D eigenvalue weighted by Crippen LogP contribution is -1.74. The minimum atomic E-state index is -1.72. The molecular weight excluding hydrogens is 229 g/mol. The first-order valence-electron chi connectivity index (χ1n) is 4.36. The van der Waals surface area contributed by atoms with Gasteiger partial charge in [-0.3, -0.25) is 0 Å². The van der Waals surface area contributed by atoms with E-state index in [1.807, 2.05) is 0 Å². The topological polar surface area (TPSA) is 0 Å². The second-order valence-electron chi connectivity index (χ2n) is 2.52. The number of hydrogen-bond acceptors (Lipinski definition) is 0. The van der Waals surface area contributed by atoms with Crippen LogP contribution in [0.3, 0.4) is 0 Å². The van der Waals surface area contributed by atoms with Crippen molar-refractivity contribution in [2.75, 3.05) is 0 Å². The maximum Gasteiger partial charge on any atom is 0.643 e. The predicted molar refractivity (Wildman–Crippen MR) is 62.0 cm³/mol. The van der Waals surface area contributed by atoms with Crippen molar-refractivity contribution >= 4 is 41.5 Å². The lowest BCUT2D eigenvalue weighted by Gasteiger charge is -1.93. The van der Waals surface area contributed by atoms with Crippen LogP contribution in [0, 0.1) is 6.92 Å². The first-order valence-corrected chi connectivity index (χ1v) is 9.60. The van der Waals surface area contributed by atoms with Crippen LogP contribution in [0.2, 0.25) is 0 Å². The SMILES string of the molecule is [CH2]CCCCCCC.[Cl][Al]([Cl])[Cl]. The minimum Gasteiger partial charge on any atom is -0.214 e. The Hall–Kier alpha value is 1.40. The van der Waals surface area contributed by atoms with Gasteiger partial charge in [0.2, 0.25) is 0 Å². The molecule has 0 atom stereocenters. The summed E-state index contributed by atoms with van der Waals surface area (Å²) in [5.41, 5.74) is 0. The fourth-order valence-corrected chi connectivity index (χ4v) is 0.780. The molecule has 0 saturated carbocycles. The van der Waals surface area contributed by atoms with Gasteiger partial charge in [0, 0.05) is 0 Å². The van der Waals surface area contributed by atoms with E-state index in [4.69, 9.17) is 30.1 Å². The fourth-order valence-electron chi connectivity index (χ4n) is 0.780. The summed E-state index contributed by atoms with van der Waals surface area (Å²) in [5.74, 6) is 0. The van der Waals surface area contributed by atoms with Crippen molar-refractivity contribution in [3.8, 4) is 0 Å². The molecule has 0 bridgehead atoms. The van der Waals surface area contributed by atoms with E-state index >= 15 is 0 Å². The van der Waals surface area contributed by atoms with Gasteiger partial charge in [0.05, 0.1) is 0 Å². The minimum absolute atomic E-state index is 1.11. The molecule has 0 unspecified atom stereocenters. The lowest BCUT2D eigenvalue weighted by molar-refractivity contribution is 0.637. The van der Waals surface area contributed by atoms with Gasteiger partial charge in [0.15, 0.2) is 0 Å². The summed E-state index contributed by atoms with van der Waals surface area (Å²) < 4.78 is 0. The summed E-state index contributed by atoms with van der Waals surface area (Å²) in [7, 11) is 14.8. The molecule has 0 N–H and O–H groups in total. The quantitative estimate of drug-likeness (QED) is 0.480. The van der Waals surface area contributed by atoms with Crippen molar-refractivity contribution in [1.82, 2.24) is 0 Å². The summed E-state index contributed by atoms with van der Waals surface area (Å²) in [5, 5.41) is 0. The molecule has 0 aromatic carbocycles. The van der Waals surface area contributed by atoms with Crippen molar-refractivity contribution in [2.45, 2.75) is 45.4 Å². The molecule has 12 heavy (non-hydrogen) atoms. The Morgan fingerprint density at radius 1 is 1.00 bits per heavy atom. The zero-order chi connectivity index (χ0) is 9.82. The molecule has 0 aliphatic rings. The van der Waals surface area contributed by atoms with Crippen LogP contribution in [-0.4, -0.2) is 11.4 Å². The standard InChI is InChI=1S/C8H17.Al.3ClH/c1-3-5-7-8-6-4-2;;;;/h1,3-8H2,2H3;;3*1H/q;+3;;;/p-3. The highest BCUT2D eigenvalue weighted by atomic mass is 35.8. The highest BCUT2D eigenvalue weighted by Gasteiger charge is 2.00. The Bertz CT molecular complexity index is 60.6. The van der Waals surface area contributed by atoms with E-state index in [1.165, 1.54) is 32.1 Å². The third-order valence-corrected chi connectivity index (χ3v) is 1.35. The summed E-state index contributed by atoms with van der Waals surface area (Å²) >= 11 is -1.72. The Balaban J connectivity index is 0. The molecular formula is C8H17AlCl3. The molecule has 0 amide bonds. The summed E-state index contributed by atoms with van der Waals surface area (Å²) in [4.78, 5) is 0. The molecule has 73 valence electrons. The molecule has 0 nitrogen and oxygen atoms in total. The van der Waals surface area contributed by atoms with Crippen molar-refractivity contribution < 1.29 is 0 Å². The van der Waals surface area contributed by atoms with E-state index in [-0.39, 0.29) is 0 Å². The Kier molecular flexibility index (Phi) is 19.7. The third-order valence-electron chi connectivity index (χ3n) is 1.35. The van der Waals surface area contributed by atoms with Crippen LogP contribution in [0.5, 0.6) is 0 Å². The zero-order valence-corrected chi connectivity index (χ0v) is 11.1. The normalized spacial score (nSPS) is 8.75. The van der Waals surface area contributed by atoms with Gasteiger partial charge in [-0.05, 0) is 0 Å². The molecule has 4 heteroatoms. The molecule has 0 aliphatic heterocycles. The predicted octanol–water partition coefficient (Wildman–Crippen LogP) is 4.87. The van der Waals surface area contributed by atoms with E-state index in [0.29, 0.717) is 0 Å². The van der Waals surface area contributed by atoms with Gasteiger partial charge in [-0.15, -0.1) is 0 Å². The summed E-state index contributed by atoms with van der Waals surface area (Å²) in [6, 6.07) is 0. The molecule has 0 aliphatic carbocycles. The summed E-state index contributed by atoms with van der Waals surface area (Å²) in [6.45, 7) is 6.02. The van der Waals surface area contributed by atoms with E-state index < -0.39 is 11.4 Å². The molecule has 0 fully saturated rings. The van der Waals surface area contributed by atoms with Gasteiger partial charge in [-0.2, -0.15) is 0 Å². The van der Waals surface area contributed by atoms with Gasteiger partial charge in [-0.25, -0.2) is 30.1 Å². The van der Waals surface area contributed by atoms with Crippen LogP contribution >= 0.6 is 30.1 Å². The monoisotopic (exact) mass is 245 g/mol. The molecule has 0 aromatic heterocycles. The number of rotatable bonds is 5. The molecule has 0 heterocycles. The highest BCUT2D eigenvalue weighted by molar-refractivity contribution is 7.54. The molecule has 0 saturated heterocycles. The van der Waals surface area contributed by atoms with Crippen LogP contribution < -0.4 is 0 Å². The number of halogens is 3. The second kappa shape index (κ2) is 14.9. The van der Waals surface area contributed by atoms with E-state index in [9.17, 15) is 0 Å². The van der Waals surface area contributed by atoms with Crippen molar-refractivity contribution in [1.29, 1.82) is 0 Å². The van der Waals surface area contributed by atoms with Gasteiger partial charge in [-0.1, -0.05) is 52.4 Å². The number of unbranched alkanes of at least 4 members (excludes halogenated alkanes) is 5. The average Bonchev–Trinajstić information content (AvgIpc) is 1.97. The first kappa shape index (κ1) is 15.9. The van der Waals surface area contributed by atoms with Crippen LogP contribution in [0.1, 0.15) is 45.4 Å².